The molecule has 0 unspecified atom stereocenters. The number of aromatic carboxylic acids is 1. The van der Waals surface area contributed by atoms with Crippen LogP contribution in [0.25, 0.3) is 0 Å². The molecular formula is C102H161LiN14O16. The molecule has 30 nitrogen and oxygen atoms in total. The maximum absolute atomic E-state index is 13.4. The first kappa shape index (κ1) is 107. The number of amides is 1. The maximum Gasteiger partial charge on any atom is 1.00 e. The normalized spacial score (nSPS) is 41.4. The second-order valence-corrected chi connectivity index (χ2v) is 46.3. The number of nitrogens with zero attached hydrogens (tertiary/aromatic N) is 13. The summed E-state index contributed by atoms with van der Waals surface area (Å²) in [5.41, 5.74) is 4.05. The molecule has 4 aromatic rings. The summed E-state index contributed by atoms with van der Waals surface area (Å²) in [6.45, 7) is 22.2. The third-order valence-electron chi connectivity index (χ3n) is 39.0. The number of nitrogens with two attached hydrogens (primary N) is 1. The molecule has 0 bridgehead atoms. The van der Waals surface area contributed by atoms with Crippen LogP contribution in [0.4, 0.5) is 0 Å². The Balaban J connectivity index is 0.000000167. The number of ketones is 4. The molecule has 31 heteroatoms. The Kier molecular flexibility index (Phi) is 34.0. The molecule has 16 fully saturated rings. The van der Waals surface area contributed by atoms with Crippen LogP contribution in [0.2, 0.25) is 0 Å². The number of hydrogen-bond acceptors (Lipinski definition) is 23. The molecular weight excluding hydrogens is 1680 g/mol. The summed E-state index contributed by atoms with van der Waals surface area (Å²) in [5, 5.41) is 98.7. The van der Waals surface area contributed by atoms with Gasteiger partial charge in [-0.1, -0.05) is 63.4 Å². The van der Waals surface area contributed by atoms with Crippen LogP contribution in [-0.2, 0) is 50.1 Å². The van der Waals surface area contributed by atoms with Gasteiger partial charge in [0.15, 0.2) is 45.9 Å². The molecule has 0 saturated heterocycles. The molecule has 16 aliphatic rings. The first-order valence-electron chi connectivity index (χ1n) is 50.1. The SMILES string of the molecule is C.C.CCO.CCOC(=O)c1cn(CC(=O)[C@H]2CC[C@H]3[C@@H]4CC[C@@H]5C[C@](C)(O)CC[C@@H]5[C@H]4CC[C@]23C)nn1.C[C@@]1(O)CC[C@H]2[C@H](CC[C@@H]3[C@@H]2CC[C@]2(C)[C@@H](C(=O)Cn4cc(C#N)nn4)CC[C@@H]32)C1.C[C@@]1(O)CC[C@H]2[C@H](CC[C@@H]3[C@@H]2CC[C@]2(C)[C@@H](C(=O)Cn4cc(C(=O)O)nn4)CC[C@@H]32)C1.C[C@@]1(O)CC[C@H]2[C@H](CC[C@@H]3[C@@H]2CC[C@]2(C)[C@@H](C(=O)Cn4cc(C(N)=O)nn4)CC[C@@H]32)C1.O.[Li+].[OH-]. The minimum absolute atomic E-state index is 0. The van der Waals surface area contributed by atoms with Crippen LogP contribution in [0.3, 0.4) is 0 Å². The Labute approximate surface area is 800 Å². The summed E-state index contributed by atoms with van der Waals surface area (Å²) < 4.78 is 10.8. The number of esters is 1. The fourth-order valence-corrected chi connectivity index (χ4v) is 33.6. The van der Waals surface area contributed by atoms with Gasteiger partial charge >= 0.3 is 30.8 Å². The van der Waals surface area contributed by atoms with Gasteiger partial charge in [-0.05, 0) is 413 Å². The van der Waals surface area contributed by atoms with Crippen molar-refractivity contribution >= 4 is 41.0 Å². The molecule has 4 heterocycles. The molecule has 0 aliphatic heterocycles. The molecule has 16 saturated carbocycles. The van der Waals surface area contributed by atoms with Crippen LogP contribution in [0.15, 0.2) is 24.8 Å². The van der Waals surface area contributed by atoms with Gasteiger partial charge < -0.3 is 52.1 Å². The van der Waals surface area contributed by atoms with Gasteiger partial charge in [0.05, 0.1) is 53.8 Å². The van der Waals surface area contributed by atoms with Gasteiger partial charge in [0, 0.05) is 30.3 Å². The average Bonchev–Trinajstić information content (AvgIpc) is 1.63. The third-order valence-corrected chi connectivity index (χ3v) is 39.0. The summed E-state index contributed by atoms with van der Waals surface area (Å²) >= 11 is 0. The quantitative estimate of drug-likeness (QED) is 0.0405. The molecule has 1 amide bonds. The van der Waals surface area contributed by atoms with Crippen LogP contribution < -0.4 is 24.6 Å². The summed E-state index contributed by atoms with van der Waals surface area (Å²) in [6, 6.07) is 1.98. The molecule has 4 aromatic heterocycles. The Hall–Kier alpha value is -6.54. The summed E-state index contributed by atoms with van der Waals surface area (Å²) in [5.74, 6) is 13.2. The Morgan fingerprint density at radius 3 is 0.902 bits per heavy atom. The number of ether oxygens (including phenoxy) is 1. The van der Waals surface area contributed by atoms with Gasteiger partial charge in [-0.3, -0.25) is 24.0 Å². The number of carbonyl (C=O) groups excluding carboxylic acids is 6. The first-order chi connectivity index (χ1) is 60.8. The monoisotopic (exact) mass is 1850 g/mol. The predicted octanol–water partition coefficient (Wildman–Crippen LogP) is 11.6. The smallest absolute Gasteiger partial charge is 0.870 e. The number of Topliss-reactive ketones (excluding diaryl/α,β-unsaturated/α-hetero) is 4. The number of hydrogen-bond donors (Lipinski definition) is 7. The van der Waals surface area contributed by atoms with Gasteiger partial charge in [0.1, 0.15) is 32.2 Å². The van der Waals surface area contributed by atoms with Crippen LogP contribution >= 0.6 is 0 Å². The van der Waals surface area contributed by atoms with E-state index in [4.69, 9.17) is 25.9 Å². The van der Waals surface area contributed by atoms with Crippen molar-refractivity contribution in [3.8, 4) is 6.07 Å². The third kappa shape index (κ3) is 21.5. The number of aliphatic hydroxyl groups is 5. The van der Waals surface area contributed by atoms with Crippen molar-refractivity contribution in [1.82, 2.24) is 60.0 Å². The van der Waals surface area contributed by atoms with Crippen LogP contribution in [0.1, 0.15) is 352 Å². The number of aromatic nitrogens is 12. The minimum atomic E-state index is -1.12. The number of fused-ring (bicyclic) bond motifs is 20. The van der Waals surface area contributed by atoms with E-state index in [1.165, 1.54) is 140 Å². The first-order valence-corrected chi connectivity index (χ1v) is 50.1. The van der Waals surface area contributed by atoms with Crippen molar-refractivity contribution in [3.63, 3.8) is 0 Å². The van der Waals surface area contributed by atoms with E-state index in [1.807, 2.05) is 33.8 Å². The summed E-state index contributed by atoms with van der Waals surface area (Å²) in [7, 11) is 0. The van der Waals surface area contributed by atoms with Gasteiger partial charge in [-0.15, -0.1) is 20.4 Å². The zero-order valence-electron chi connectivity index (χ0n) is 80.2. The number of aliphatic hydroxyl groups excluding tert-OH is 1. The second kappa shape index (κ2) is 42.3. The zero-order valence-corrected chi connectivity index (χ0v) is 80.2. The van der Waals surface area contributed by atoms with E-state index in [9.17, 15) is 54.0 Å². The van der Waals surface area contributed by atoms with E-state index in [2.05, 4.69) is 68.9 Å². The van der Waals surface area contributed by atoms with Crippen molar-refractivity contribution in [2.24, 2.45) is 169 Å². The van der Waals surface area contributed by atoms with E-state index in [1.54, 1.807) is 20.0 Å². The molecule has 133 heavy (non-hydrogen) atoms. The fourth-order valence-electron chi connectivity index (χ4n) is 33.6. The van der Waals surface area contributed by atoms with Crippen molar-refractivity contribution in [2.75, 3.05) is 13.2 Å². The summed E-state index contributed by atoms with van der Waals surface area (Å²) in [6.07, 6.45) is 46.0. The number of primary amides is 1. The minimum Gasteiger partial charge on any atom is -0.870 e. The standard InChI is InChI=1S/C26H39N3O4.C24H36N4O3.C24H34N4O2.C24H35N3O4.C2H6O.2CH4.Li.2H2O/c1-4-33-24(31)22-14-29(28-27-22)15-23(30)21-8-7-20-19-6-5-16-13-25(2,32)11-9-17(16)18(19)10-12-26(20,21)3;1-23(31)9-7-15-14(11-23)3-4-17-16(15)8-10-24(2)18(17)5-6-19(24)21(29)13-28-12-20(22(25)30)26-27-28;1-23(30)9-7-17-15(11-23)3-4-19-18(17)8-10-24(2)20(19)5-6-21(24)22(29)14-28-13-16(12-25)26-27-28;1-23(31)9-7-15-14(11-23)3-4-17-16(15)8-10-24(2)18(17)5-6-19(24)21(28)13-27-12-20(22(29)30)25-26-27;1-2-3;;;;;/h14,16-21,32H,4-13,15H2,1-3H3;12,14-19,31H,3-11,13H2,1-2H3,(H2,25,30);13,15,17-21,30H,3-11,14H2,1-2H3;12,14-19,31H,3-11,13H2,1-2H3,(H,29,30);3H,2H2,1H3;2*1H4;;2*1H2/q;;;;;;;+1;;/p-1/t16-,17+,18-,19-,20+,21-,25-,26+;14-,15+,16-,17-,18+,19-,23-,24+;15-,17+,18-,19-,20+,21-,23-,24+;14-,15+,16-,17-,18+,19-,23-,24+;;;;;;/m1111....../s1. The maximum atomic E-state index is 13.4. The molecule has 11 N–H and O–H groups in total. The van der Waals surface area contributed by atoms with Crippen molar-refractivity contribution in [1.29, 1.82) is 5.26 Å². The van der Waals surface area contributed by atoms with Crippen molar-refractivity contribution in [3.05, 3.63) is 47.6 Å². The van der Waals surface area contributed by atoms with Crippen molar-refractivity contribution in [2.45, 2.75) is 364 Å². The van der Waals surface area contributed by atoms with Gasteiger partial charge in [-0.2, -0.15) is 5.26 Å². The van der Waals surface area contributed by atoms with E-state index in [0.717, 1.165) is 194 Å². The largest absolute Gasteiger partial charge is 1.00 e. The van der Waals surface area contributed by atoms with Crippen LogP contribution in [0, 0.1) is 175 Å². The predicted molar refractivity (Wildman–Crippen MR) is 493 cm³/mol. The van der Waals surface area contributed by atoms with E-state index < -0.39 is 40.2 Å². The fraction of sp³-hybridized carbons (Fsp3) is 0.843. The molecule has 736 valence electrons. The Bertz CT molecular complexity index is 4580. The topological polar surface area (TPSA) is 484 Å². The molecule has 32 atom stereocenters. The van der Waals surface area contributed by atoms with E-state index in [-0.39, 0.29) is 175 Å². The molecule has 0 spiro atoms. The Morgan fingerprint density at radius 1 is 0.391 bits per heavy atom. The number of carboxylic acids is 1. The number of carboxylic acid groups (broad SMARTS) is 1. The second-order valence-electron chi connectivity index (χ2n) is 46.3. The zero-order chi connectivity index (χ0) is 91.1. The molecule has 0 aromatic carbocycles. The molecule has 0 radical (unpaired) electrons. The van der Waals surface area contributed by atoms with Gasteiger partial charge in [0.25, 0.3) is 5.91 Å². The molecule has 16 aliphatic carbocycles. The number of nitriles is 1. The number of carbonyl (C=O) groups is 7. The van der Waals surface area contributed by atoms with Gasteiger partial charge in [-0.25, -0.2) is 28.3 Å². The average molecular weight is 1850 g/mol. The number of rotatable bonds is 16. The van der Waals surface area contributed by atoms with E-state index >= 15 is 0 Å². The van der Waals surface area contributed by atoms with Crippen LogP contribution in [0.5, 0.6) is 0 Å². The Morgan fingerprint density at radius 2 is 0.647 bits per heavy atom. The van der Waals surface area contributed by atoms with Gasteiger partial charge in [0.2, 0.25) is 0 Å². The van der Waals surface area contributed by atoms with E-state index in [0.29, 0.717) is 53.3 Å². The van der Waals surface area contributed by atoms with Crippen molar-refractivity contribution < 1.29 is 98.8 Å². The summed E-state index contributed by atoms with van der Waals surface area (Å²) in [4.78, 5) is 87.4. The molecule has 20 rings (SSSR count). The van der Waals surface area contributed by atoms with Crippen LogP contribution in [-0.4, -0.2) is 178 Å².